The van der Waals surface area contributed by atoms with Gasteiger partial charge in [-0.3, -0.25) is 0 Å². The minimum Gasteiger partial charge on any atom is -0.550 e. The van der Waals surface area contributed by atoms with Crippen molar-refractivity contribution in [2.45, 2.75) is 194 Å². The molecule has 0 bridgehead atoms. The van der Waals surface area contributed by atoms with Gasteiger partial charge in [-0.25, -0.2) is 0 Å². The second-order valence-corrected chi connectivity index (χ2v) is 11.4. The van der Waals surface area contributed by atoms with Crippen LogP contribution in [0.3, 0.4) is 0 Å². The van der Waals surface area contributed by atoms with Crippen LogP contribution in [0.1, 0.15) is 194 Å². The van der Waals surface area contributed by atoms with Crippen LogP contribution in [0.5, 0.6) is 0 Å². The molecule has 0 amide bonds. The van der Waals surface area contributed by atoms with Crippen LogP contribution in [-0.2, 0) is 29.1 Å². The molecule has 0 aliphatic rings. The molecule has 0 unspecified atom stereocenters. The topological polar surface area (TPSA) is 80.3 Å². The summed E-state index contributed by atoms with van der Waals surface area (Å²) >= 11 is 0. The summed E-state index contributed by atoms with van der Waals surface area (Å²) in [5.74, 6) is -1.83. The second kappa shape index (κ2) is 41.2. The van der Waals surface area contributed by atoms with E-state index in [9.17, 15) is 19.8 Å². The zero-order valence-corrected chi connectivity index (χ0v) is 30.4. The smallest absolute Gasteiger partial charge is 0.550 e. The summed E-state index contributed by atoms with van der Waals surface area (Å²) < 4.78 is 0. The Morgan fingerprint density at radius 1 is 0.390 bits per heavy atom. The van der Waals surface area contributed by atoms with E-state index in [1.54, 1.807) is 0 Å². The van der Waals surface area contributed by atoms with E-state index in [1.807, 2.05) is 0 Å². The van der Waals surface area contributed by atoms with Crippen molar-refractivity contribution in [3.05, 3.63) is 24.3 Å². The van der Waals surface area contributed by atoms with Crippen LogP contribution in [0.25, 0.3) is 0 Å². The number of carbonyl (C=O) groups excluding carboxylic acids is 2. The minimum atomic E-state index is -0.914. The van der Waals surface area contributed by atoms with E-state index in [2.05, 4.69) is 38.2 Å². The zero-order valence-electron chi connectivity index (χ0n) is 27.4. The number of carbonyl (C=O) groups is 2. The van der Waals surface area contributed by atoms with Crippen molar-refractivity contribution < 1.29 is 39.3 Å². The standard InChI is InChI=1S/2C18H34O2.Zn/c2*1-2-3-4-5-6-7-8-9-10-11-12-13-14-15-16-17-18(19)20;/h2*9-10H,2-8,11-17H2,1H3,(H,19,20);/q;;+2/p-2/b2*10-9-;. The SMILES string of the molecule is CCCCCCCC/C=C\CCCCCCCC(=O)[O-].CCCCCCCC/C=C\CCCCCCCC(=O)[O-].[Zn+2]. The molecule has 4 nitrogen and oxygen atoms in total. The summed E-state index contributed by atoms with van der Waals surface area (Å²) in [7, 11) is 0. The quantitative estimate of drug-likeness (QED) is 0.0451. The van der Waals surface area contributed by atoms with E-state index in [0.717, 1.165) is 38.5 Å². The van der Waals surface area contributed by atoms with Crippen molar-refractivity contribution in [3.63, 3.8) is 0 Å². The van der Waals surface area contributed by atoms with Crippen molar-refractivity contribution in [1.29, 1.82) is 0 Å². The van der Waals surface area contributed by atoms with Gasteiger partial charge in [0.1, 0.15) is 0 Å². The molecule has 0 aromatic rings. The van der Waals surface area contributed by atoms with E-state index in [1.165, 1.54) is 128 Å². The van der Waals surface area contributed by atoms with Crippen LogP contribution in [0.4, 0.5) is 0 Å². The number of rotatable bonds is 30. The average molecular weight is 628 g/mol. The van der Waals surface area contributed by atoms with E-state index in [4.69, 9.17) is 0 Å². The number of hydrogen-bond donors (Lipinski definition) is 0. The molecular formula is C36H66O4Zn. The van der Waals surface area contributed by atoms with Gasteiger partial charge in [-0.2, -0.15) is 0 Å². The first kappa shape index (κ1) is 44.5. The third-order valence-corrected chi connectivity index (χ3v) is 7.29. The molecule has 0 atom stereocenters. The van der Waals surface area contributed by atoms with Crippen molar-refractivity contribution >= 4 is 11.9 Å². The molecule has 41 heavy (non-hydrogen) atoms. The predicted octanol–water partition coefficient (Wildman–Crippen LogP) is 9.55. The largest absolute Gasteiger partial charge is 2.00 e. The molecule has 0 N–H and O–H groups in total. The number of aliphatic carboxylic acids is 2. The summed E-state index contributed by atoms with van der Waals surface area (Å²) in [6, 6.07) is 0. The van der Waals surface area contributed by atoms with Crippen LogP contribution in [0.15, 0.2) is 24.3 Å². The first-order chi connectivity index (χ1) is 19.5. The summed E-state index contributed by atoms with van der Waals surface area (Å²) in [5.41, 5.74) is 0. The third-order valence-electron chi connectivity index (χ3n) is 7.29. The van der Waals surface area contributed by atoms with Gasteiger partial charge in [0.2, 0.25) is 0 Å². The normalized spacial score (nSPS) is 11.0. The second-order valence-electron chi connectivity index (χ2n) is 11.4. The van der Waals surface area contributed by atoms with E-state index >= 15 is 0 Å². The molecule has 0 fully saturated rings. The average Bonchev–Trinajstić information content (AvgIpc) is 2.93. The van der Waals surface area contributed by atoms with E-state index < -0.39 is 11.9 Å². The molecule has 0 aromatic carbocycles. The molecule has 0 saturated heterocycles. The van der Waals surface area contributed by atoms with Crippen molar-refractivity contribution in [3.8, 4) is 0 Å². The first-order valence-electron chi connectivity index (χ1n) is 17.2. The summed E-state index contributed by atoms with van der Waals surface area (Å²) in [6.07, 6.45) is 41.8. The van der Waals surface area contributed by atoms with Crippen LogP contribution in [0, 0.1) is 0 Å². The Labute approximate surface area is 268 Å². The molecule has 0 spiro atoms. The molecule has 0 heterocycles. The number of hydrogen-bond acceptors (Lipinski definition) is 4. The van der Waals surface area contributed by atoms with Crippen molar-refractivity contribution in [2.24, 2.45) is 0 Å². The zero-order chi connectivity index (χ0) is 29.8. The maximum Gasteiger partial charge on any atom is 2.00 e. The van der Waals surface area contributed by atoms with E-state index in [0.29, 0.717) is 0 Å². The summed E-state index contributed by atoms with van der Waals surface area (Å²) in [4.78, 5) is 20.4. The number of carboxylic acids is 2. The van der Waals surface area contributed by atoms with Gasteiger partial charge in [-0.05, 0) is 77.0 Å². The maximum absolute atomic E-state index is 10.2. The molecule has 0 saturated carbocycles. The fraction of sp³-hybridized carbons (Fsp3) is 0.833. The van der Waals surface area contributed by atoms with Gasteiger partial charge in [-0.15, -0.1) is 0 Å². The number of allylic oxidation sites excluding steroid dienone is 4. The maximum atomic E-state index is 10.2. The van der Waals surface area contributed by atoms with Crippen LogP contribution >= 0.6 is 0 Å². The Kier molecular flexibility index (Phi) is 44.7. The molecule has 0 aliphatic heterocycles. The number of unbranched alkanes of at least 4 members (excludes halogenated alkanes) is 22. The van der Waals surface area contributed by atoms with E-state index in [-0.39, 0.29) is 32.3 Å². The Morgan fingerprint density at radius 2 is 0.610 bits per heavy atom. The Hall–Kier alpha value is -0.957. The Morgan fingerprint density at radius 3 is 0.854 bits per heavy atom. The Balaban J connectivity index is -0.000000688. The monoisotopic (exact) mass is 626 g/mol. The van der Waals surface area contributed by atoms with Gasteiger partial charge in [0, 0.05) is 11.9 Å². The molecule has 236 valence electrons. The number of carboxylic acid groups (broad SMARTS) is 2. The fourth-order valence-electron chi connectivity index (χ4n) is 4.68. The van der Waals surface area contributed by atoms with Crippen LogP contribution < -0.4 is 10.2 Å². The molecule has 0 aliphatic carbocycles. The molecule has 0 rings (SSSR count). The van der Waals surface area contributed by atoms with Crippen molar-refractivity contribution in [1.82, 2.24) is 0 Å². The van der Waals surface area contributed by atoms with Gasteiger partial charge < -0.3 is 19.8 Å². The molecular weight excluding hydrogens is 562 g/mol. The van der Waals surface area contributed by atoms with Crippen LogP contribution in [0.2, 0.25) is 0 Å². The van der Waals surface area contributed by atoms with Gasteiger partial charge in [0.05, 0.1) is 0 Å². The third kappa shape index (κ3) is 49.1. The fourth-order valence-corrected chi connectivity index (χ4v) is 4.68. The predicted molar refractivity (Wildman–Crippen MR) is 169 cm³/mol. The first-order valence-corrected chi connectivity index (χ1v) is 17.2. The van der Waals surface area contributed by atoms with Gasteiger partial charge in [0.25, 0.3) is 0 Å². The summed E-state index contributed by atoms with van der Waals surface area (Å²) in [5, 5.41) is 20.4. The van der Waals surface area contributed by atoms with Gasteiger partial charge >= 0.3 is 19.5 Å². The van der Waals surface area contributed by atoms with Crippen molar-refractivity contribution in [2.75, 3.05) is 0 Å². The molecule has 0 aromatic heterocycles. The summed E-state index contributed by atoms with van der Waals surface area (Å²) in [6.45, 7) is 4.51. The molecule has 5 heteroatoms. The van der Waals surface area contributed by atoms with Gasteiger partial charge in [0.15, 0.2) is 0 Å². The minimum absolute atomic E-state index is 0. The molecule has 0 radical (unpaired) electrons. The van der Waals surface area contributed by atoms with Gasteiger partial charge in [-0.1, -0.05) is 141 Å². The van der Waals surface area contributed by atoms with Crippen LogP contribution in [-0.4, -0.2) is 11.9 Å². The Bertz CT molecular complexity index is 524.